The monoisotopic (exact) mass is 245 g/mol. The average Bonchev–Trinajstić information content (AvgIpc) is 2.39. The molecule has 1 aromatic carbocycles. The highest BCUT2D eigenvalue weighted by atomic mass is 16.1. The third-order valence-electron chi connectivity index (χ3n) is 2.56. The molecule has 0 saturated carbocycles. The van der Waals surface area contributed by atoms with Crippen LogP contribution in [0.2, 0.25) is 0 Å². The fourth-order valence-corrected chi connectivity index (χ4v) is 1.53. The number of carbonyl (C=O) groups is 1. The first-order valence-electron chi connectivity index (χ1n) is 6.27. The van der Waals surface area contributed by atoms with Crippen molar-refractivity contribution in [3.05, 3.63) is 29.8 Å². The largest absolute Gasteiger partial charge is 0.325 e. The van der Waals surface area contributed by atoms with Crippen molar-refractivity contribution in [3.63, 3.8) is 0 Å². The lowest BCUT2D eigenvalue weighted by atomic mass is 10.2. The molecular formula is C14H19N3O. The van der Waals surface area contributed by atoms with Crippen molar-refractivity contribution in [2.75, 3.05) is 18.4 Å². The number of amides is 1. The van der Waals surface area contributed by atoms with Crippen LogP contribution in [0.25, 0.3) is 0 Å². The zero-order valence-electron chi connectivity index (χ0n) is 10.7. The summed E-state index contributed by atoms with van der Waals surface area (Å²) < 4.78 is 0. The van der Waals surface area contributed by atoms with E-state index in [1.54, 1.807) is 24.3 Å². The number of anilines is 1. The van der Waals surface area contributed by atoms with E-state index in [4.69, 9.17) is 5.26 Å². The molecule has 0 aliphatic carbocycles. The van der Waals surface area contributed by atoms with E-state index in [0.717, 1.165) is 19.4 Å². The van der Waals surface area contributed by atoms with Gasteiger partial charge in [-0.15, -0.1) is 0 Å². The van der Waals surface area contributed by atoms with Crippen LogP contribution in [0, 0.1) is 11.3 Å². The van der Waals surface area contributed by atoms with E-state index in [9.17, 15) is 4.79 Å². The Kier molecular flexibility index (Phi) is 6.52. The Bertz CT molecular complexity index is 423. The first-order chi connectivity index (χ1) is 8.77. The average molecular weight is 245 g/mol. The quantitative estimate of drug-likeness (QED) is 0.724. The van der Waals surface area contributed by atoms with E-state index in [1.807, 2.05) is 0 Å². The molecule has 0 heterocycles. The number of carbonyl (C=O) groups excluding carboxylic acids is 1. The van der Waals surface area contributed by atoms with Gasteiger partial charge in [0, 0.05) is 13.0 Å². The summed E-state index contributed by atoms with van der Waals surface area (Å²) in [5, 5.41) is 14.8. The molecule has 18 heavy (non-hydrogen) atoms. The molecule has 2 N–H and O–H groups in total. The van der Waals surface area contributed by atoms with Gasteiger partial charge in [-0.05, 0) is 25.1 Å². The molecule has 0 spiro atoms. The Morgan fingerprint density at radius 2 is 2.11 bits per heavy atom. The SMILES string of the molecule is CCCCNCCC(=O)Nc1ccccc1C#N. The fourth-order valence-electron chi connectivity index (χ4n) is 1.53. The number of para-hydroxylation sites is 1. The van der Waals surface area contributed by atoms with E-state index < -0.39 is 0 Å². The molecule has 0 aromatic heterocycles. The van der Waals surface area contributed by atoms with Crippen LogP contribution in [-0.4, -0.2) is 19.0 Å². The van der Waals surface area contributed by atoms with Crippen LogP contribution in [0.3, 0.4) is 0 Å². The molecule has 0 radical (unpaired) electrons. The molecule has 0 unspecified atom stereocenters. The first kappa shape index (κ1) is 14.2. The Labute approximate surface area is 108 Å². The second-order valence-electron chi connectivity index (χ2n) is 4.06. The first-order valence-corrected chi connectivity index (χ1v) is 6.27. The Morgan fingerprint density at radius 3 is 2.83 bits per heavy atom. The van der Waals surface area contributed by atoms with E-state index in [-0.39, 0.29) is 5.91 Å². The van der Waals surface area contributed by atoms with Crippen LogP contribution in [0.5, 0.6) is 0 Å². The van der Waals surface area contributed by atoms with Crippen molar-refractivity contribution in [1.82, 2.24) is 5.32 Å². The standard InChI is InChI=1S/C14H19N3O/c1-2-3-9-16-10-8-14(18)17-13-7-5-4-6-12(13)11-15/h4-7,16H,2-3,8-10H2,1H3,(H,17,18). The van der Waals surface area contributed by atoms with Gasteiger partial charge in [-0.3, -0.25) is 4.79 Å². The maximum Gasteiger partial charge on any atom is 0.225 e. The summed E-state index contributed by atoms with van der Waals surface area (Å²) in [7, 11) is 0. The van der Waals surface area contributed by atoms with E-state index in [1.165, 1.54) is 0 Å². The van der Waals surface area contributed by atoms with Crippen molar-refractivity contribution in [2.45, 2.75) is 26.2 Å². The molecule has 0 atom stereocenters. The Balaban J connectivity index is 2.34. The molecule has 96 valence electrons. The Morgan fingerprint density at radius 1 is 1.33 bits per heavy atom. The minimum absolute atomic E-state index is 0.0679. The van der Waals surface area contributed by atoms with E-state index >= 15 is 0 Å². The molecular weight excluding hydrogens is 226 g/mol. The summed E-state index contributed by atoms with van der Waals surface area (Å²) in [6.45, 7) is 3.74. The minimum Gasteiger partial charge on any atom is -0.325 e. The number of nitriles is 1. The lowest BCUT2D eigenvalue weighted by Gasteiger charge is -2.07. The highest BCUT2D eigenvalue weighted by molar-refractivity contribution is 5.92. The van der Waals surface area contributed by atoms with Gasteiger partial charge in [0.1, 0.15) is 6.07 Å². The number of nitrogens with zero attached hydrogens (tertiary/aromatic N) is 1. The third-order valence-corrected chi connectivity index (χ3v) is 2.56. The van der Waals surface area contributed by atoms with Gasteiger partial charge in [-0.2, -0.15) is 5.26 Å². The number of hydrogen-bond acceptors (Lipinski definition) is 3. The van der Waals surface area contributed by atoms with Crippen LogP contribution < -0.4 is 10.6 Å². The highest BCUT2D eigenvalue weighted by Gasteiger charge is 2.05. The number of unbranched alkanes of at least 4 members (excludes halogenated alkanes) is 1. The number of rotatable bonds is 7. The molecule has 4 nitrogen and oxygen atoms in total. The van der Waals surface area contributed by atoms with E-state index in [2.05, 4.69) is 23.6 Å². The number of nitrogens with one attached hydrogen (secondary N) is 2. The smallest absolute Gasteiger partial charge is 0.225 e. The van der Waals surface area contributed by atoms with Crippen molar-refractivity contribution < 1.29 is 4.79 Å². The fraction of sp³-hybridized carbons (Fsp3) is 0.429. The van der Waals surface area contributed by atoms with Crippen molar-refractivity contribution in [3.8, 4) is 6.07 Å². The van der Waals surface area contributed by atoms with Gasteiger partial charge in [0.25, 0.3) is 0 Å². The molecule has 1 aromatic rings. The third kappa shape index (κ3) is 4.98. The van der Waals surface area contributed by atoms with Gasteiger partial charge >= 0.3 is 0 Å². The van der Waals surface area contributed by atoms with Gasteiger partial charge < -0.3 is 10.6 Å². The molecule has 4 heteroatoms. The number of hydrogen-bond donors (Lipinski definition) is 2. The predicted molar refractivity (Wildman–Crippen MR) is 72.2 cm³/mol. The maximum absolute atomic E-state index is 11.7. The number of benzene rings is 1. The van der Waals surface area contributed by atoms with Gasteiger partial charge in [-0.25, -0.2) is 0 Å². The van der Waals surface area contributed by atoms with Crippen LogP contribution in [0.1, 0.15) is 31.7 Å². The molecule has 0 fully saturated rings. The van der Waals surface area contributed by atoms with Gasteiger partial charge in [0.2, 0.25) is 5.91 Å². The van der Waals surface area contributed by atoms with Crippen molar-refractivity contribution in [2.24, 2.45) is 0 Å². The molecule has 0 aliphatic heterocycles. The summed E-state index contributed by atoms with van der Waals surface area (Å²) in [5.41, 5.74) is 1.07. The maximum atomic E-state index is 11.7. The van der Waals surface area contributed by atoms with Crippen molar-refractivity contribution >= 4 is 11.6 Å². The van der Waals surface area contributed by atoms with Crippen LogP contribution >= 0.6 is 0 Å². The van der Waals surface area contributed by atoms with Crippen LogP contribution in [0.15, 0.2) is 24.3 Å². The summed E-state index contributed by atoms with van der Waals surface area (Å²) >= 11 is 0. The molecule has 1 amide bonds. The van der Waals surface area contributed by atoms with E-state index in [0.29, 0.717) is 24.2 Å². The summed E-state index contributed by atoms with van der Waals surface area (Å²) in [4.78, 5) is 11.7. The molecule has 0 bridgehead atoms. The summed E-state index contributed by atoms with van der Waals surface area (Å²) in [6.07, 6.45) is 2.69. The highest BCUT2D eigenvalue weighted by Crippen LogP contribution is 2.13. The summed E-state index contributed by atoms with van der Waals surface area (Å²) in [5.74, 6) is -0.0679. The van der Waals surface area contributed by atoms with Gasteiger partial charge in [0.15, 0.2) is 0 Å². The zero-order chi connectivity index (χ0) is 13.2. The van der Waals surface area contributed by atoms with Crippen molar-refractivity contribution in [1.29, 1.82) is 5.26 Å². The van der Waals surface area contributed by atoms with Crippen LogP contribution in [-0.2, 0) is 4.79 Å². The normalized spacial score (nSPS) is 9.78. The predicted octanol–water partition coefficient (Wildman–Crippen LogP) is 2.28. The Hall–Kier alpha value is -1.86. The second-order valence-corrected chi connectivity index (χ2v) is 4.06. The second kappa shape index (κ2) is 8.26. The summed E-state index contributed by atoms with van der Waals surface area (Å²) in [6, 6.07) is 9.06. The van der Waals surface area contributed by atoms with Gasteiger partial charge in [-0.1, -0.05) is 25.5 Å². The lowest BCUT2D eigenvalue weighted by molar-refractivity contribution is -0.116. The molecule has 1 rings (SSSR count). The van der Waals surface area contributed by atoms with Gasteiger partial charge in [0.05, 0.1) is 11.3 Å². The molecule has 0 saturated heterocycles. The minimum atomic E-state index is -0.0679. The molecule has 0 aliphatic rings. The lowest BCUT2D eigenvalue weighted by Crippen LogP contribution is -2.22. The zero-order valence-corrected chi connectivity index (χ0v) is 10.7. The van der Waals surface area contributed by atoms with Crippen LogP contribution in [0.4, 0.5) is 5.69 Å². The topological polar surface area (TPSA) is 64.9 Å².